The van der Waals surface area contributed by atoms with Crippen LogP contribution >= 0.6 is 0 Å². The van der Waals surface area contributed by atoms with Crippen LogP contribution < -0.4 is 16.8 Å². The van der Waals surface area contributed by atoms with Crippen LogP contribution in [0.25, 0.3) is 0 Å². The van der Waals surface area contributed by atoms with Crippen molar-refractivity contribution in [1.29, 1.82) is 5.41 Å². The van der Waals surface area contributed by atoms with Gasteiger partial charge in [-0.15, -0.1) is 0 Å². The molecular weight excluding hydrogens is 408 g/mol. The fraction of sp³-hybridized carbons (Fsp3) is 0.261. The molecule has 166 valence electrons. The Kier molecular flexibility index (Phi) is 6.99. The highest BCUT2D eigenvalue weighted by molar-refractivity contribution is 6.39. The Morgan fingerprint density at radius 1 is 1.16 bits per heavy atom. The number of allylic oxidation sites excluding steroid dienone is 1. The highest BCUT2D eigenvalue weighted by Crippen LogP contribution is 2.33. The van der Waals surface area contributed by atoms with Crippen LogP contribution in [0.3, 0.4) is 0 Å². The molecule has 3 amide bonds. The minimum Gasteiger partial charge on any atom is -0.405 e. The first kappa shape index (κ1) is 22.7. The molecule has 1 aliphatic heterocycles. The van der Waals surface area contributed by atoms with E-state index in [1.807, 2.05) is 19.1 Å². The molecule has 0 bridgehead atoms. The first-order valence-electron chi connectivity index (χ1n) is 10.2. The highest BCUT2D eigenvalue weighted by atomic mass is 16.2. The number of aromatic nitrogens is 1. The average molecular weight is 435 g/mol. The number of nitrogens with two attached hydrogens (primary N) is 2. The van der Waals surface area contributed by atoms with Gasteiger partial charge in [0.2, 0.25) is 5.91 Å². The van der Waals surface area contributed by atoms with Gasteiger partial charge in [0.25, 0.3) is 0 Å². The molecule has 0 aliphatic carbocycles. The predicted octanol–water partition coefficient (Wildman–Crippen LogP) is 1.96. The van der Waals surface area contributed by atoms with Crippen LogP contribution in [0.15, 0.2) is 55.0 Å². The number of likely N-dealkylation sites (tertiary alicyclic amines) is 1. The van der Waals surface area contributed by atoms with Crippen molar-refractivity contribution in [3.05, 3.63) is 71.7 Å². The topological polar surface area (TPSA) is 155 Å². The zero-order valence-corrected chi connectivity index (χ0v) is 17.7. The maximum Gasteiger partial charge on any atom is 0.313 e. The molecule has 0 unspecified atom stereocenters. The van der Waals surface area contributed by atoms with Crippen molar-refractivity contribution < 1.29 is 14.4 Å². The van der Waals surface area contributed by atoms with E-state index in [9.17, 15) is 14.4 Å². The fourth-order valence-electron chi connectivity index (χ4n) is 3.76. The van der Waals surface area contributed by atoms with Crippen LogP contribution in [0.4, 0.5) is 5.69 Å². The fourth-order valence-corrected chi connectivity index (χ4v) is 3.76. The van der Waals surface area contributed by atoms with Gasteiger partial charge in [-0.1, -0.05) is 31.2 Å². The van der Waals surface area contributed by atoms with Gasteiger partial charge in [-0.2, -0.15) is 0 Å². The summed E-state index contributed by atoms with van der Waals surface area (Å²) in [6.07, 6.45) is 7.09. The van der Waals surface area contributed by atoms with Gasteiger partial charge in [0.15, 0.2) is 0 Å². The number of pyridine rings is 1. The van der Waals surface area contributed by atoms with E-state index < -0.39 is 17.7 Å². The van der Waals surface area contributed by atoms with Gasteiger partial charge in [-0.05, 0) is 48.2 Å². The lowest BCUT2D eigenvalue weighted by Gasteiger charge is -2.38. The van der Waals surface area contributed by atoms with Gasteiger partial charge in [-0.25, -0.2) is 0 Å². The molecule has 0 saturated carbocycles. The van der Waals surface area contributed by atoms with E-state index in [1.54, 1.807) is 17.0 Å². The molecule has 3 rings (SSSR count). The normalized spacial score (nSPS) is 18.3. The van der Waals surface area contributed by atoms with Crippen molar-refractivity contribution in [3.63, 3.8) is 0 Å². The third-order valence-electron chi connectivity index (χ3n) is 5.42. The molecule has 2 atom stereocenters. The molecule has 2 aromatic rings. The smallest absolute Gasteiger partial charge is 0.313 e. The first-order valence-corrected chi connectivity index (χ1v) is 10.2. The second kappa shape index (κ2) is 9.86. The Hall–Kier alpha value is -4.01. The summed E-state index contributed by atoms with van der Waals surface area (Å²) in [4.78, 5) is 42.5. The number of hydrogen-bond acceptors (Lipinski definition) is 6. The van der Waals surface area contributed by atoms with Crippen molar-refractivity contribution in [3.8, 4) is 0 Å². The average Bonchev–Trinajstić information content (AvgIpc) is 2.79. The standard InChI is InChI=1S/C23H26N6O3/c1-14-2-7-20(16-5-3-15(4-6-16)19(25)8-9-24)29(13-14)23(32)22(31)28-18-10-17(21(26)30)11-27-12-18/h3-6,8-12,14,20,25H,2,7,13,24H2,1H3,(H2,26,30)(H,28,31)/b9-8-,25-19?/t14-,20+/m1/s1. The van der Waals surface area contributed by atoms with E-state index in [1.165, 1.54) is 30.7 Å². The summed E-state index contributed by atoms with van der Waals surface area (Å²) in [5.41, 5.74) is 12.8. The molecule has 1 saturated heterocycles. The summed E-state index contributed by atoms with van der Waals surface area (Å²) in [6.45, 7) is 2.49. The van der Waals surface area contributed by atoms with Crippen LogP contribution in [0.1, 0.15) is 47.3 Å². The Morgan fingerprint density at radius 2 is 1.88 bits per heavy atom. The number of carbonyl (C=O) groups is 3. The molecule has 1 aromatic heterocycles. The monoisotopic (exact) mass is 434 g/mol. The summed E-state index contributed by atoms with van der Waals surface area (Å²) in [5.74, 6) is -1.89. The number of benzene rings is 1. The Morgan fingerprint density at radius 3 is 2.53 bits per heavy atom. The van der Waals surface area contributed by atoms with Crippen LogP contribution in [0, 0.1) is 11.3 Å². The predicted molar refractivity (Wildman–Crippen MR) is 121 cm³/mol. The second-order valence-electron chi connectivity index (χ2n) is 7.83. The molecular formula is C23H26N6O3. The van der Waals surface area contributed by atoms with E-state index in [4.69, 9.17) is 16.9 Å². The van der Waals surface area contributed by atoms with Crippen molar-refractivity contribution in [2.24, 2.45) is 17.4 Å². The maximum absolute atomic E-state index is 13.1. The molecule has 9 heteroatoms. The second-order valence-corrected chi connectivity index (χ2v) is 7.83. The molecule has 2 heterocycles. The van der Waals surface area contributed by atoms with Crippen LogP contribution in [0.2, 0.25) is 0 Å². The number of anilines is 1. The lowest BCUT2D eigenvalue weighted by molar-refractivity contribution is -0.146. The van der Waals surface area contributed by atoms with Gasteiger partial charge >= 0.3 is 11.8 Å². The van der Waals surface area contributed by atoms with Gasteiger partial charge in [-0.3, -0.25) is 19.4 Å². The zero-order valence-electron chi connectivity index (χ0n) is 17.7. The number of primary amides is 1. The zero-order chi connectivity index (χ0) is 23.3. The lowest BCUT2D eigenvalue weighted by Crippen LogP contribution is -2.46. The van der Waals surface area contributed by atoms with Crippen LogP contribution in [0.5, 0.6) is 0 Å². The van der Waals surface area contributed by atoms with Crippen LogP contribution in [-0.4, -0.2) is 39.9 Å². The summed E-state index contributed by atoms with van der Waals surface area (Å²) < 4.78 is 0. The number of amides is 3. The van der Waals surface area contributed by atoms with Crippen molar-refractivity contribution in [1.82, 2.24) is 9.88 Å². The summed E-state index contributed by atoms with van der Waals surface area (Å²) in [5, 5.41) is 10.5. The molecule has 1 fully saturated rings. The molecule has 32 heavy (non-hydrogen) atoms. The number of hydrogen-bond donors (Lipinski definition) is 4. The summed E-state index contributed by atoms with van der Waals surface area (Å²) >= 11 is 0. The van der Waals surface area contributed by atoms with E-state index in [-0.39, 0.29) is 28.9 Å². The van der Waals surface area contributed by atoms with E-state index in [0.717, 1.165) is 18.4 Å². The largest absolute Gasteiger partial charge is 0.405 e. The number of rotatable bonds is 5. The van der Waals surface area contributed by atoms with Gasteiger partial charge in [0, 0.05) is 12.7 Å². The van der Waals surface area contributed by atoms with Crippen LogP contribution in [-0.2, 0) is 9.59 Å². The molecule has 9 nitrogen and oxygen atoms in total. The summed E-state index contributed by atoms with van der Waals surface area (Å²) in [6, 6.07) is 8.47. The number of nitrogens with one attached hydrogen (secondary N) is 2. The number of carbonyl (C=O) groups excluding carboxylic acids is 3. The third-order valence-corrected chi connectivity index (χ3v) is 5.42. The Bertz CT molecular complexity index is 1060. The van der Waals surface area contributed by atoms with Crippen molar-refractivity contribution in [2.75, 3.05) is 11.9 Å². The molecule has 1 aromatic carbocycles. The van der Waals surface area contributed by atoms with Crippen molar-refractivity contribution >= 4 is 29.1 Å². The molecule has 0 radical (unpaired) electrons. The van der Waals surface area contributed by atoms with Crippen molar-refractivity contribution in [2.45, 2.75) is 25.8 Å². The maximum atomic E-state index is 13.1. The minimum atomic E-state index is -0.806. The first-order chi connectivity index (χ1) is 15.3. The number of nitrogens with zero attached hydrogens (tertiary/aromatic N) is 2. The van der Waals surface area contributed by atoms with Gasteiger partial charge in [0.1, 0.15) is 0 Å². The Balaban J connectivity index is 1.79. The van der Waals surface area contributed by atoms with Gasteiger partial charge < -0.3 is 27.1 Å². The SMILES string of the molecule is C[C@@H]1CC[C@@H](c2ccc(C(=N)/C=C\N)cc2)N(C(=O)C(=O)Nc2cncc(C(N)=O)c2)C1. The molecule has 0 spiro atoms. The highest BCUT2D eigenvalue weighted by Gasteiger charge is 2.34. The van der Waals surface area contributed by atoms with E-state index >= 15 is 0 Å². The minimum absolute atomic E-state index is 0.134. The summed E-state index contributed by atoms with van der Waals surface area (Å²) in [7, 11) is 0. The third kappa shape index (κ3) is 5.18. The van der Waals surface area contributed by atoms with E-state index in [2.05, 4.69) is 10.3 Å². The quantitative estimate of drug-likeness (QED) is 0.418. The number of piperidine rings is 1. The van der Waals surface area contributed by atoms with E-state index in [0.29, 0.717) is 12.1 Å². The van der Waals surface area contributed by atoms with Gasteiger partial charge in [0.05, 0.1) is 29.2 Å². The lowest BCUT2D eigenvalue weighted by atomic mass is 9.89. The molecule has 6 N–H and O–H groups in total. The molecule has 1 aliphatic rings. The Labute approximate surface area is 186 Å².